The number of carboxylic acids is 2. The zero-order valence-electron chi connectivity index (χ0n) is 22.6. The van der Waals surface area contributed by atoms with Crippen molar-refractivity contribution in [3.05, 3.63) is 82.6 Å². The lowest BCUT2D eigenvalue weighted by molar-refractivity contribution is -0.150. The van der Waals surface area contributed by atoms with Crippen molar-refractivity contribution in [3.8, 4) is 0 Å². The molecule has 42 heavy (non-hydrogen) atoms. The van der Waals surface area contributed by atoms with Gasteiger partial charge in [0.1, 0.15) is 0 Å². The predicted molar refractivity (Wildman–Crippen MR) is 139 cm³/mol. The minimum absolute atomic E-state index is 0.0355. The number of ether oxygens (including phenoxy) is 1. The van der Waals surface area contributed by atoms with E-state index in [4.69, 9.17) is 14.9 Å². The van der Waals surface area contributed by atoms with Gasteiger partial charge in [0.15, 0.2) is 0 Å². The van der Waals surface area contributed by atoms with E-state index < -0.39 is 52.0 Å². The van der Waals surface area contributed by atoms with Crippen LogP contribution in [-0.4, -0.2) is 34.5 Å². The number of benzene rings is 2. The molecule has 12 heteroatoms. The normalized spacial score (nSPS) is 17.5. The Balaban J connectivity index is 0.000000231. The maximum Gasteiger partial charge on any atom is 0.416 e. The lowest BCUT2D eigenvalue weighted by Crippen LogP contribution is -2.39. The van der Waals surface area contributed by atoms with Gasteiger partial charge < -0.3 is 14.9 Å². The Bertz CT molecular complexity index is 1340. The largest absolute Gasteiger partial charge is 0.487 e. The quantitative estimate of drug-likeness (QED) is 0.136. The Kier molecular flexibility index (Phi) is 9.79. The number of ketones is 1. The van der Waals surface area contributed by atoms with Crippen LogP contribution < -0.4 is 0 Å². The van der Waals surface area contributed by atoms with Crippen molar-refractivity contribution in [2.45, 2.75) is 75.1 Å². The Labute approximate surface area is 238 Å². The Morgan fingerprint density at radius 2 is 1.26 bits per heavy atom. The first-order chi connectivity index (χ1) is 19.6. The molecule has 2 aromatic carbocycles. The summed E-state index contributed by atoms with van der Waals surface area (Å²) in [6.07, 6.45) is -4.82. The maximum atomic E-state index is 13.2. The van der Waals surface area contributed by atoms with Crippen LogP contribution >= 0.6 is 0 Å². The number of carboxylic acid groups (broad SMARTS) is 2. The topological polar surface area (TPSA) is 101 Å². The summed E-state index contributed by atoms with van der Waals surface area (Å²) in [5.41, 5.74) is -3.25. The van der Waals surface area contributed by atoms with Gasteiger partial charge in [-0.2, -0.15) is 26.3 Å². The van der Waals surface area contributed by atoms with Crippen LogP contribution in [0.3, 0.4) is 0 Å². The standard InChI is InChI=1S/C16H17F3O3.C14H13F3O3/c1-2-22-13(14(20)21)10-15(8-5-9-15)11-6-3-4-7-12(11)16(17,18)19;15-14(16,17)10-5-2-1-4-9(10)13(6-3-7-13)8-11(18)12(19)20/h3-4,6-7,10H,2,5,8-9H2,1H3,(H,20,21);1-2,4-5H,3,6-8H2,(H,19,20). The summed E-state index contributed by atoms with van der Waals surface area (Å²) in [7, 11) is 0. The van der Waals surface area contributed by atoms with E-state index in [1.54, 1.807) is 13.0 Å². The number of rotatable bonds is 9. The second kappa shape index (κ2) is 12.6. The highest BCUT2D eigenvalue weighted by Crippen LogP contribution is 2.51. The molecule has 0 aliphatic heterocycles. The third-order valence-corrected chi connectivity index (χ3v) is 7.78. The molecule has 0 atom stereocenters. The highest BCUT2D eigenvalue weighted by atomic mass is 19.4. The molecule has 2 N–H and O–H groups in total. The molecule has 0 aromatic heterocycles. The van der Waals surface area contributed by atoms with E-state index in [2.05, 4.69) is 0 Å². The fourth-order valence-corrected chi connectivity index (χ4v) is 5.51. The second-order valence-electron chi connectivity index (χ2n) is 10.4. The van der Waals surface area contributed by atoms with E-state index in [9.17, 15) is 40.7 Å². The van der Waals surface area contributed by atoms with E-state index in [0.29, 0.717) is 32.1 Å². The monoisotopic (exact) mass is 600 g/mol. The molecule has 2 aliphatic rings. The first-order valence-electron chi connectivity index (χ1n) is 13.2. The third kappa shape index (κ3) is 7.14. The Morgan fingerprint density at radius 3 is 1.64 bits per heavy atom. The molecular weight excluding hydrogens is 570 g/mol. The van der Waals surface area contributed by atoms with Crippen molar-refractivity contribution in [2.75, 3.05) is 6.61 Å². The summed E-state index contributed by atoms with van der Waals surface area (Å²) < 4.78 is 83.8. The number of hydrogen-bond acceptors (Lipinski definition) is 4. The molecule has 4 rings (SSSR count). The average Bonchev–Trinajstić information content (AvgIpc) is 2.86. The maximum absolute atomic E-state index is 13.2. The third-order valence-electron chi connectivity index (χ3n) is 7.78. The summed E-state index contributed by atoms with van der Waals surface area (Å²) in [5.74, 6) is -4.20. The number of aliphatic carboxylic acids is 2. The van der Waals surface area contributed by atoms with Crippen LogP contribution in [0.25, 0.3) is 0 Å². The summed E-state index contributed by atoms with van der Waals surface area (Å²) in [4.78, 5) is 33.3. The van der Waals surface area contributed by atoms with Crippen LogP contribution in [0.4, 0.5) is 26.3 Å². The van der Waals surface area contributed by atoms with Gasteiger partial charge in [0.05, 0.1) is 17.7 Å². The second-order valence-corrected chi connectivity index (χ2v) is 10.4. The Hall–Kier alpha value is -3.83. The minimum Gasteiger partial charge on any atom is -0.487 e. The van der Waals surface area contributed by atoms with Gasteiger partial charge in [-0.15, -0.1) is 0 Å². The number of allylic oxidation sites excluding steroid dienone is 1. The molecule has 2 fully saturated rings. The summed E-state index contributed by atoms with van der Waals surface area (Å²) in [6.45, 7) is 1.78. The van der Waals surface area contributed by atoms with Gasteiger partial charge >= 0.3 is 24.3 Å². The van der Waals surface area contributed by atoms with Crippen LogP contribution in [0.1, 0.15) is 74.1 Å². The fraction of sp³-hybridized carbons (Fsp3) is 0.433. The highest BCUT2D eigenvalue weighted by molar-refractivity contribution is 6.33. The molecule has 0 amide bonds. The molecule has 0 bridgehead atoms. The molecule has 2 saturated carbocycles. The number of carbonyl (C=O) groups is 3. The lowest BCUT2D eigenvalue weighted by Gasteiger charge is -2.43. The van der Waals surface area contributed by atoms with Crippen LogP contribution in [0, 0.1) is 0 Å². The van der Waals surface area contributed by atoms with Gasteiger partial charge in [0, 0.05) is 17.3 Å². The number of Topliss-reactive ketones (excluding diaryl/α,β-unsaturated/α-hetero) is 1. The number of alkyl halides is 6. The van der Waals surface area contributed by atoms with Crippen molar-refractivity contribution >= 4 is 17.7 Å². The van der Waals surface area contributed by atoms with Gasteiger partial charge in [0.25, 0.3) is 0 Å². The van der Waals surface area contributed by atoms with Crippen LogP contribution in [0.5, 0.6) is 0 Å². The van der Waals surface area contributed by atoms with E-state index in [1.165, 1.54) is 36.4 Å². The number of carbonyl (C=O) groups excluding carboxylic acids is 1. The molecule has 2 aliphatic carbocycles. The van der Waals surface area contributed by atoms with Gasteiger partial charge in [-0.25, -0.2) is 9.59 Å². The molecule has 2 aromatic rings. The molecule has 0 unspecified atom stereocenters. The first-order valence-corrected chi connectivity index (χ1v) is 13.2. The molecule has 6 nitrogen and oxygen atoms in total. The summed E-state index contributed by atoms with van der Waals surface area (Å²) in [5, 5.41) is 17.8. The van der Waals surface area contributed by atoms with Crippen LogP contribution in [0.2, 0.25) is 0 Å². The molecule has 228 valence electrons. The molecular formula is C30H30F6O6. The van der Waals surface area contributed by atoms with Crippen molar-refractivity contribution in [1.29, 1.82) is 0 Å². The zero-order chi connectivity index (χ0) is 31.3. The van der Waals surface area contributed by atoms with Gasteiger partial charge in [-0.3, -0.25) is 4.79 Å². The highest BCUT2D eigenvalue weighted by Gasteiger charge is 2.47. The number of halogens is 6. The minimum atomic E-state index is -4.51. The smallest absolute Gasteiger partial charge is 0.416 e. The molecule has 0 radical (unpaired) electrons. The van der Waals surface area contributed by atoms with Gasteiger partial charge in [-0.05, 0) is 61.9 Å². The average molecular weight is 601 g/mol. The molecule has 0 saturated heterocycles. The van der Waals surface area contributed by atoms with E-state index in [-0.39, 0.29) is 29.9 Å². The van der Waals surface area contributed by atoms with Crippen LogP contribution in [0.15, 0.2) is 60.4 Å². The molecule has 0 heterocycles. The summed E-state index contributed by atoms with van der Waals surface area (Å²) >= 11 is 0. The first kappa shape index (κ1) is 32.7. The predicted octanol–water partition coefficient (Wildman–Crippen LogP) is 7.30. The van der Waals surface area contributed by atoms with Crippen molar-refractivity contribution < 1.29 is 55.7 Å². The van der Waals surface area contributed by atoms with Gasteiger partial charge in [-0.1, -0.05) is 49.2 Å². The summed E-state index contributed by atoms with van der Waals surface area (Å²) in [6, 6.07) is 10.4. The van der Waals surface area contributed by atoms with E-state index in [1.807, 2.05) is 0 Å². The van der Waals surface area contributed by atoms with Crippen molar-refractivity contribution in [2.24, 2.45) is 0 Å². The van der Waals surface area contributed by atoms with E-state index in [0.717, 1.165) is 18.6 Å². The zero-order valence-corrected chi connectivity index (χ0v) is 22.6. The van der Waals surface area contributed by atoms with E-state index >= 15 is 0 Å². The SMILES string of the molecule is CCOC(=CC1(c2ccccc2C(F)(F)F)CCC1)C(=O)O.O=C(O)C(=O)CC1(c2ccccc2C(F)(F)F)CCC1. The lowest BCUT2D eigenvalue weighted by atomic mass is 9.61. The van der Waals surface area contributed by atoms with Crippen molar-refractivity contribution in [1.82, 2.24) is 0 Å². The van der Waals surface area contributed by atoms with Crippen LogP contribution in [-0.2, 0) is 42.3 Å². The number of hydrogen-bond donors (Lipinski definition) is 2. The Morgan fingerprint density at radius 1 is 0.786 bits per heavy atom. The van der Waals surface area contributed by atoms with Gasteiger partial charge in [0.2, 0.25) is 11.5 Å². The molecule has 0 spiro atoms. The van der Waals surface area contributed by atoms with Crippen molar-refractivity contribution in [3.63, 3.8) is 0 Å². The fourth-order valence-electron chi connectivity index (χ4n) is 5.51.